The van der Waals surface area contributed by atoms with Crippen LogP contribution >= 0.6 is 0 Å². The van der Waals surface area contributed by atoms with Crippen molar-refractivity contribution < 1.29 is 9.13 Å². The van der Waals surface area contributed by atoms with E-state index in [1.165, 1.54) is 6.08 Å². The highest BCUT2D eigenvalue weighted by molar-refractivity contribution is 5.17. The van der Waals surface area contributed by atoms with Crippen LogP contribution in [0.15, 0.2) is 24.1 Å². The van der Waals surface area contributed by atoms with Gasteiger partial charge in [0.2, 0.25) is 0 Å². The SMILES string of the molecule is FC1=CCC(CO[C@@H]2CCNC2)C=C1. The normalized spacial score (nSPS) is 31.9. The smallest absolute Gasteiger partial charge is 0.118 e. The molecule has 0 bridgehead atoms. The first kappa shape index (κ1) is 9.87. The van der Waals surface area contributed by atoms with Crippen LogP contribution in [-0.4, -0.2) is 25.8 Å². The summed E-state index contributed by atoms with van der Waals surface area (Å²) < 4.78 is 18.3. The molecule has 78 valence electrons. The van der Waals surface area contributed by atoms with Gasteiger partial charge in [-0.25, -0.2) is 4.39 Å². The van der Waals surface area contributed by atoms with Crippen molar-refractivity contribution in [1.29, 1.82) is 0 Å². The molecule has 0 spiro atoms. The second kappa shape index (κ2) is 4.71. The van der Waals surface area contributed by atoms with Crippen molar-refractivity contribution in [3.8, 4) is 0 Å². The molecule has 1 aliphatic carbocycles. The number of rotatable bonds is 3. The molecule has 2 nitrogen and oxygen atoms in total. The van der Waals surface area contributed by atoms with Crippen LogP contribution in [0.5, 0.6) is 0 Å². The topological polar surface area (TPSA) is 21.3 Å². The van der Waals surface area contributed by atoms with Gasteiger partial charge in [0.15, 0.2) is 0 Å². The van der Waals surface area contributed by atoms with E-state index in [2.05, 4.69) is 5.32 Å². The standard InChI is InChI=1S/C11H16FNO/c12-10-3-1-9(2-4-10)8-14-11-5-6-13-7-11/h1,3-4,9,11,13H,2,5-8H2/t9?,11-/m1/s1. The summed E-state index contributed by atoms with van der Waals surface area (Å²) in [6.07, 6.45) is 7.28. The molecule has 1 heterocycles. The van der Waals surface area contributed by atoms with Crippen molar-refractivity contribution in [2.45, 2.75) is 18.9 Å². The highest BCUT2D eigenvalue weighted by atomic mass is 19.1. The van der Waals surface area contributed by atoms with Crippen molar-refractivity contribution in [3.63, 3.8) is 0 Å². The lowest BCUT2D eigenvalue weighted by atomic mass is 10.0. The first-order chi connectivity index (χ1) is 6.84. The quantitative estimate of drug-likeness (QED) is 0.744. The molecule has 1 unspecified atom stereocenters. The van der Waals surface area contributed by atoms with E-state index in [4.69, 9.17) is 4.74 Å². The lowest BCUT2D eigenvalue weighted by Crippen LogP contribution is -2.20. The fourth-order valence-electron chi connectivity index (χ4n) is 1.79. The number of hydrogen-bond acceptors (Lipinski definition) is 2. The molecule has 0 aromatic rings. The summed E-state index contributed by atoms with van der Waals surface area (Å²) in [7, 11) is 0. The van der Waals surface area contributed by atoms with Crippen LogP contribution < -0.4 is 5.32 Å². The van der Waals surface area contributed by atoms with Crippen molar-refractivity contribution in [2.75, 3.05) is 19.7 Å². The molecule has 1 aliphatic heterocycles. The summed E-state index contributed by atoms with van der Waals surface area (Å²) in [5, 5.41) is 3.25. The Kier molecular flexibility index (Phi) is 3.32. The van der Waals surface area contributed by atoms with Gasteiger partial charge >= 0.3 is 0 Å². The third-order valence-corrected chi connectivity index (χ3v) is 2.70. The summed E-state index contributed by atoms with van der Waals surface area (Å²) in [4.78, 5) is 0. The van der Waals surface area contributed by atoms with Crippen LogP contribution in [-0.2, 0) is 4.74 Å². The Morgan fingerprint density at radius 1 is 1.57 bits per heavy atom. The molecular weight excluding hydrogens is 181 g/mol. The summed E-state index contributed by atoms with van der Waals surface area (Å²) in [5.41, 5.74) is 0. The molecule has 2 aliphatic rings. The summed E-state index contributed by atoms with van der Waals surface area (Å²) >= 11 is 0. The Balaban J connectivity index is 1.69. The van der Waals surface area contributed by atoms with Gasteiger partial charge in [0.05, 0.1) is 12.7 Å². The van der Waals surface area contributed by atoms with E-state index in [9.17, 15) is 4.39 Å². The van der Waals surface area contributed by atoms with Crippen LogP contribution in [0.3, 0.4) is 0 Å². The monoisotopic (exact) mass is 197 g/mol. The number of hydrogen-bond donors (Lipinski definition) is 1. The van der Waals surface area contributed by atoms with Gasteiger partial charge in [-0.2, -0.15) is 0 Å². The minimum absolute atomic E-state index is 0.121. The second-order valence-corrected chi connectivity index (χ2v) is 3.89. The van der Waals surface area contributed by atoms with Crippen molar-refractivity contribution in [1.82, 2.24) is 5.32 Å². The molecule has 2 atom stereocenters. The minimum atomic E-state index is -0.121. The Bertz CT molecular complexity index is 244. The zero-order chi connectivity index (χ0) is 9.80. The zero-order valence-electron chi connectivity index (χ0n) is 8.21. The molecule has 1 saturated heterocycles. The maximum Gasteiger partial charge on any atom is 0.118 e. The lowest BCUT2D eigenvalue weighted by molar-refractivity contribution is 0.0507. The van der Waals surface area contributed by atoms with E-state index in [-0.39, 0.29) is 5.83 Å². The highest BCUT2D eigenvalue weighted by Gasteiger charge is 2.16. The summed E-state index contributed by atoms with van der Waals surface area (Å²) in [6, 6.07) is 0. The Morgan fingerprint density at radius 3 is 3.14 bits per heavy atom. The van der Waals surface area contributed by atoms with Gasteiger partial charge < -0.3 is 10.1 Å². The Morgan fingerprint density at radius 2 is 2.50 bits per heavy atom. The van der Waals surface area contributed by atoms with Crippen LogP contribution in [0.25, 0.3) is 0 Å². The number of nitrogens with one attached hydrogen (secondary N) is 1. The van der Waals surface area contributed by atoms with E-state index < -0.39 is 0 Å². The molecule has 1 N–H and O–H groups in total. The van der Waals surface area contributed by atoms with Gasteiger partial charge in [-0.15, -0.1) is 0 Å². The average Bonchev–Trinajstić information content (AvgIpc) is 2.70. The molecule has 14 heavy (non-hydrogen) atoms. The predicted octanol–water partition coefficient (Wildman–Crippen LogP) is 1.79. The number of allylic oxidation sites excluding steroid dienone is 3. The fourth-order valence-corrected chi connectivity index (χ4v) is 1.79. The molecular formula is C11H16FNO. The van der Waals surface area contributed by atoms with Crippen LogP contribution in [0.1, 0.15) is 12.8 Å². The Hall–Kier alpha value is -0.670. The van der Waals surface area contributed by atoms with Crippen molar-refractivity contribution in [3.05, 3.63) is 24.1 Å². The van der Waals surface area contributed by atoms with E-state index >= 15 is 0 Å². The second-order valence-electron chi connectivity index (χ2n) is 3.89. The first-order valence-electron chi connectivity index (χ1n) is 5.21. The van der Waals surface area contributed by atoms with Gasteiger partial charge in [0.25, 0.3) is 0 Å². The van der Waals surface area contributed by atoms with Gasteiger partial charge in [-0.1, -0.05) is 6.08 Å². The molecule has 0 radical (unpaired) electrons. The molecule has 3 heteroatoms. The highest BCUT2D eigenvalue weighted by Crippen LogP contribution is 2.18. The maximum atomic E-state index is 12.6. The van der Waals surface area contributed by atoms with Gasteiger partial charge in [0.1, 0.15) is 5.83 Å². The maximum absolute atomic E-state index is 12.6. The summed E-state index contributed by atoms with van der Waals surface area (Å²) in [5.74, 6) is 0.235. The van der Waals surface area contributed by atoms with Gasteiger partial charge in [0, 0.05) is 12.5 Å². The number of ether oxygens (including phenoxy) is 1. The lowest BCUT2D eigenvalue weighted by Gasteiger charge is -2.17. The van der Waals surface area contributed by atoms with E-state index in [1.54, 1.807) is 6.08 Å². The molecule has 2 rings (SSSR count). The fraction of sp³-hybridized carbons (Fsp3) is 0.636. The van der Waals surface area contributed by atoms with E-state index in [0.29, 0.717) is 18.6 Å². The van der Waals surface area contributed by atoms with Crippen LogP contribution in [0, 0.1) is 5.92 Å². The van der Waals surface area contributed by atoms with Crippen LogP contribution in [0.4, 0.5) is 4.39 Å². The third kappa shape index (κ3) is 2.66. The van der Waals surface area contributed by atoms with E-state index in [0.717, 1.165) is 25.9 Å². The van der Waals surface area contributed by atoms with Crippen molar-refractivity contribution >= 4 is 0 Å². The molecule has 0 amide bonds. The average molecular weight is 197 g/mol. The van der Waals surface area contributed by atoms with Crippen LogP contribution in [0.2, 0.25) is 0 Å². The number of halogens is 1. The molecule has 1 fully saturated rings. The molecule has 0 aromatic carbocycles. The molecule has 0 aromatic heterocycles. The third-order valence-electron chi connectivity index (χ3n) is 2.70. The summed E-state index contributed by atoms with van der Waals surface area (Å²) in [6.45, 7) is 2.73. The van der Waals surface area contributed by atoms with Crippen molar-refractivity contribution in [2.24, 2.45) is 5.92 Å². The first-order valence-corrected chi connectivity index (χ1v) is 5.21. The van der Waals surface area contributed by atoms with Gasteiger partial charge in [-0.05, 0) is 31.5 Å². The zero-order valence-corrected chi connectivity index (χ0v) is 8.21. The Labute approximate surface area is 83.8 Å². The minimum Gasteiger partial charge on any atom is -0.376 e. The predicted molar refractivity (Wildman–Crippen MR) is 53.7 cm³/mol. The molecule has 0 saturated carbocycles. The van der Waals surface area contributed by atoms with Gasteiger partial charge in [-0.3, -0.25) is 0 Å². The largest absolute Gasteiger partial charge is 0.376 e. The van der Waals surface area contributed by atoms with E-state index in [1.807, 2.05) is 6.08 Å².